The second-order valence-corrected chi connectivity index (χ2v) is 5.59. The van der Waals surface area contributed by atoms with Crippen LogP contribution in [-0.4, -0.2) is 6.10 Å². The van der Waals surface area contributed by atoms with Crippen molar-refractivity contribution in [2.75, 3.05) is 0 Å². The van der Waals surface area contributed by atoms with Gasteiger partial charge in [0.2, 0.25) is 0 Å². The third kappa shape index (κ3) is 0.881. The molecule has 2 bridgehead atoms. The molecule has 0 N–H and O–H groups in total. The molecule has 0 amide bonds. The Kier molecular flexibility index (Phi) is 1.99. The van der Waals surface area contributed by atoms with Crippen molar-refractivity contribution < 1.29 is 24.1 Å². The minimum absolute atomic E-state index is 0.451. The van der Waals surface area contributed by atoms with Crippen molar-refractivity contribution in [2.45, 2.75) is 46.1 Å². The summed E-state index contributed by atoms with van der Waals surface area (Å²) in [7, 11) is 0. The van der Waals surface area contributed by atoms with Gasteiger partial charge in [0.25, 0.3) is 0 Å². The van der Waals surface area contributed by atoms with E-state index in [0.29, 0.717) is 16.9 Å². The number of hydrogen-bond donors (Lipinski definition) is 0. The van der Waals surface area contributed by atoms with E-state index in [9.17, 15) is 0 Å². The molecule has 12 heavy (non-hydrogen) atoms. The first-order valence-corrected chi connectivity index (χ1v) is 5.48. The molecule has 2 rings (SSSR count). The minimum atomic E-state index is 0.451. The Morgan fingerprint density at radius 3 is 2.25 bits per heavy atom. The molecular weight excluding hydrogens is 184 g/mol. The van der Waals surface area contributed by atoms with Gasteiger partial charge in [-0.2, -0.15) is 0 Å². The number of hydrogen-bond acceptors (Lipinski definition) is 1. The molecule has 0 radical (unpaired) electrons. The van der Waals surface area contributed by atoms with Crippen LogP contribution in [0.25, 0.3) is 0 Å². The topological polar surface area (TPSA) is 9.23 Å². The van der Waals surface area contributed by atoms with Crippen LogP contribution in [-0.2, 0) is 24.1 Å². The first-order chi connectivity index (χ1) is 5.52. The van der Waals surface area contributed by atoms with Crippen molar-refractivity contribution >= 4 is 0 Å². The quantitative estimate of drug-likeness (QED) is 0.592. The van der Waals surface area contributed by atoms with Crippen LogP contribution in [0.5, 0.6) is 0 Å². The molecule has 0 aromatic heterocycles. The zero-order chi connectivity index (χ0) is 8.98. The van der Waals surface area contributed by atoms with Crippen molar-refractivity contribution in [2.24, 2.45) is 16.7 Å². The molecule has 0 aromatic carbocycles. The van der Waals surface area contributed by atoms with Crippen LogP contribution in [0.15, 0.2) is 0 Å². The second kappa shape index (κ2) is 2.59. The van der Waals surface area contributed by atoms with Crippen molar-refractivity contribution in [3.8, 4) is 0 Å². The van der Waals surface area contributed by atoms with Crippen LogP contribution in [0, 0.1) is 16.7 Å². The van der Waals surface area contributed by atoms with E-state index in [0.717, 1.165) is 5.92 Å². The van der Waals surface area contributed by atoms with Gasteiger partial charge in [-0.1, -0.05) is 0 Å². The molecule has 2 unspecified atom stereocenters. The van der Waals surface area contributed by atoms with Gasteiger partial charge in [0.15, 0.2) is 0 Å². The number of rotatable bonds is 1. The third-order valence-electron chi connectivity index (χ3n) is 4.86. The first-order valence-electron chi connectivity index (χ1n) is 4.85. The first kappa shape index (κ1) is 9.24. The van der Waals surface area contributed by atoms with Gasteiger partial charge in [-0.15, -0.1) is 0 Å². The molecule has 67 valence electrons. The van der Waals surface area contributed by atoms with Gasteiger partial charge in [0.05, 0.1) is 0 Å². The standard InChI is InChI=1S/C10H17O.Ti/c1-9(2)7-4-5-10(9,3)8(11)6-7;/h7-8H,4-6H2,1-3H3;/q-1;+1/t7?,8-,10?;/m0./s1. The van der Waals surface area contributed by atoms with E-state index in [1.54, 1.807) is 0 Å². The van der Waals surface area contributed by atoms with E-state index >= 15 is 0 Å². The molecule has 0 spiro atoms. The van der Waals surface area contributed by atoms with Crippen LogP contribution < -0.4 is 0 Å². The Morgan fingerprint density at radius 1 is 1.33 bits per heavy atom. The van der Waals surface area contributed by atoms with Gasteiger partial charge >= 0.3 is 87.0 Å². The van der Waals surface area contributed by atoms with Crippen LogP contribution in [0.4, 0.5) is 0 Å². The van der Waals surface area contributed by atoms with E-state index in [2.05, 4.69) is 20.8 Å². The predicted molar refractivity (Wildman–Crippen MR) is 44.1 cm³/mol. The molecule has 0 aliphatic heterocycles. The molecule has 3 atom stereocenters. The van der Waals surface area contributed by atoms with E-state index in [4.69, 9.17) is 3.32 Å². The van der Waals surface area contributed by atoms with E-state index < -0.39 is 0 Å². The summed E-state index contributed by atoms with van der Waals surface area (Å²) in [6.45, 7) is 7.25. The molecule has 0 saturated heterocycles. The summed E-state index contributed by atoms with van der Waals surface area (Å²) in [5.74, 6) is 0.910. The van der Waals surface area contributed by atoms with Gasteiger partial charge in [-0.3, -0.25) is 0 Å². The molecule has 2 fully saturated rings. The normalized spacial score (nSPS) is 49.8. The van der Waals surface area contributed by atoms with Crippen LogP contribution in [0.1, 0.15) is 40.0 Å². The molecule has 2 heteroatoms. The average molecular weight is 201 g/mol. The summed E-state index contributed by atoms with van der Waals surface area (Å²) < 4.78 is 5.58. The average Bonchev–Trinajstić information content (AvgIpc) is 2.34. The Bertz CT molecular complexity index is 202. The van der Waals surface area contributed by atoms with E-state index in [1.165, 1.54) is 19.3 Å². The molecular formula is C10H17OTi. The zero-order valence-electron chi connectivity index (χ0n) is 8.18. The Hall–Kier alpha value is 0.674. The summed E-state index contributed by atoms with van der Waals surface area (Å²) in [6.07, 6.45) is 4.60. The van der Waals surface area contributed by atoms with E-state index in [-0.39, 0.29) is 0 Å². The Labute approximate surface area is 87.1 Å². The van der Waals surface area contributed by atoms with Crippen molar-refractivity contribution in [3.63, 3.8) is 0 Å². The third-order valence-corrected chi connectivity index (χ3v) is 5.30. The molecule has 2 aliphatic rings. The van der Waals surface area contributed by atoms with Crippen LogP contribution >= 0.6 is 0 Å². The fourth-order valence-corrected chi connectivity index (χ4v) is 3.86. The fourth-order valence-electron chi connectivity index (χ4n) is 3.31. The Balaban J connectivity index is 2.33. The van der Waals surface area contributed by atoms with Crippen molar-refractivity contribution in [1.29, 1.82) is 0 Å². The summed E-state index contributed by atoms with van der Waals surface area (Å²) in [5.41, 5.74) is 0.958. The molecule has 0 aromatic rings. The maximum atomic E-state index is 5.58. The van der Waals surface area contributed by atoms with Gasteiger partial charge in [0.1, 0.15) is 0 Å². The summed E-state index contributed by atoms with van der Waals surface area (Å²) in [4.78, 5) is 0. The SMILES string of the molecule is CC1(C)C2CCC1(C)[C@@H]([O][Ti])C2. The maximum absolute atomic E-state index is 5.58. The van der Waals surface area contributed by atoms with Crippen LogP contribution in [0.3, 0.4) is 0 Å². The molecule has 2 aliphatic carbocycles. The predicted octanol–water partition coefficient (Wildman–Crippen LogP) is 2.68. The molecule has 1 nitrogen and oxygen atoms in total. The Morgan fingerprint density at radius 2 is 2.00 bits per heavy atom. The number of fused-ring (bicyclic) bond motifs is 2. The van der Waals surface area contributed by atoms with Crippen molar-refractivity contribution in [1.82, 2.24) is 0 Å². The summed E-state index contributed by atoms with van der Waals surface area (Å²) >= 11 is 1.87. The van der Waals surface area contributed by atoms with Gasteiger partial charge in [-0.25, -0.2) is 0 Å². The van der Waals surface area contributed by atoms with E-state index in [1.807, 2.05) is 20.8 Å². The van der Waals surface area contributed by atoms with Crippen molar-refractivity contribution in [3.05, 3.63) is 0 Å². The second-order valence-electron chi connectivity index (χ2n) is 5.22. The van der Waals surface area contributed by atoms with Crippen LogP contribution in [0.2, 0.25) is 0 Å². The van der Waals surface area contributed by atoms with Gasteiger partial charge in [-0.05, 0) is 0 Å². The molecule has 0 heterocycles. The zero-order valence-corrected chi connectivity index (χ0v) is 9.75. The summed E-state index contributed by atoms with van der Waals surface area (Å²) in [5, 5.41) is 0. The van der Waals surface area contributed by atoms with Gasteiger partial charge in [0, 0.05) is 0 Å². The monoisotopic (exact) mass is 201 g/mol. The summed E-state index contributed by atoms with van der Waals surface area (Å²) in [6, 6.07) is 0. The fraction of sp³-hybridized carbons (Fsp3) is 1.00. The molecule has 2 saturated carbocycles. The van der Waals surface area contributed by atoms with Gasteiger partial charge < -0.3 is 0 Å².